The molecule has 3 heterocycles. The number of carbonyl (C=O) groups excluding carboxylic acids is 2. The van der Waals surface area contributed by atoms with Gasteiger partial charge in [0.15, 0.2) is 0 Å². The Bertz CT molecular complexity index is 1020. The van der Waals surface area contributed by atoms with Crippen molar-refractivity contribution in [1.29, 1.82) is 0 Å². The fraction of sp³-hybridized carbons (Fsp3) is 0.542. The number of primary amides is 1. The van der Waals surface area contributed by atoms with Crippen LogP contribution < -0.4 is 16.0 Å². The Labute approximate surface area is 202 Å². The van der Waals surface area contributed by atoms with E-state index in [1.54, 1.807) is 37.3 Å². The number of morpholine rings is 1. The zero-order chi connectivity index (χ0) is 24.3. The number of aromatic nitrogens is 1. The first kappa shape index (κ1) is 24.6. The number of carbonyl (C=O) groups is 2. The minimum Gasteiger partial charge on any atom is -0.381 e. The lowest BCUT2D eigenvalue weighted by atomic mass is 9.85. The Morgan fingerprint density at radius 1 is 1.21 bits per heavy atom. The molecule has 1 aromatic heterocycles. The summed E-state index contributed by atoms with van der Waals surface area (Å²) in [7, 11) is 0. The minimum atomic E-state index is -1.11. The molecule has 2 fully saturated rings. The topological polar surface area (TPSA) is 107 Å². The first-order chi connectivity index (χ1) is 16.2. The normalized spacial score (nSPS) is 21.3. The van der Waals surface area contributed by atoms with E-state index in [1.807, 2.05) is 0 Å². The summed E-state index contributed by atoms with van der Waals surface area (Å²) in [4.78, 5) is 31.6. The van der Waals surface area contributed by atoms with Crippen molar-refractivity contribution >= 4 is 28.2 Å². The Hall–Kier alpha value is -2.56. The van der Waals surface area contributed by atoms with E-state index in [4.69, 9.17) is 20.2 Å². The van der Waals surface area contributed by atoms with Crippen LogP contribution in [-0.4, -0.2) is 61.9 Å². The summed E-state index contributed by atoms with van der Waals surface area (Å²) in [6, 6.07) is 6.36. The third kappa shape index (κ3) is 5.56. The van der Waals surface area contributed by atoms with E-state index >= 15 is 0 Å². The molecule has 2 saturated heterocycles. The maximum Gasteiger partial charge on any atom is 0.242 e. The highest BCUT2D eigenvalue weighted by Crippen LogP contribution is 2.43. The van der Waals surface area contributed by atoms with Crippen molar-refractivity contribution in [1.82, 2.24) is 10.3 Å². The zero-order valence-corrected chi connectivity index (χ0v) is 20.3. The number of nitrogens with zero attached hydrogens (tertiary/aromatic N) is 2. The van der Waals surface area contributed by atoms with E-state index in [1.165, 1.54) is 12.1 Å². The van der Waals surface area contributed by atoms with E-state index in [9.17, 15) is 14.0 Å². The number of nitrogens with one attached hydrogen (secondary N) is 1. The first-order valence-corrected chi connectivity index (χ1v) is 12.3. The molecule has 0 radical (unpaired) electrons. The number of anilines is 1. The SMILES string of the molecule is CC(C)(NC(=O)CC1CCOCC1c1nc(-c2ccc(F)cc2)c(N2CCOCC2)s1)C(N)=O. The number of rotatable bonds is 7. The van der Waals surface area contributed by atoms with E-state index in [2.05, 4.69) is 10.2 Å². The largest absolute Gasteiger partial charge is 0.381 e. The molecule has 10 heteroatoms. The third-order valence-electron chi connectivity index (χ3n) is 6.37. The van der Waals surface area contributed by atoms with Crippen LogP contribution in [-0.2, 0) is 19.1 Å². The van der Waals surface area contributed by atoms with Gasteiger partial charge in [-0.3, -0.25) is 9.59 Å². The minimum absolute atomic E-state index is 0.0159. The number of amides is 2. The van der Waals surface area contributed by atoms with Crippen LogP contribution in [0.25, 0.3) is 11.3 Å². The molecule has 3 N–H and O–H groups in total. The molecule has 2 amide bonds. The van der Waals surface area contributed by atoms with Crippen molar-refractivity contribution in [3.05, 3.63) is 35.1 Å². The second kappa shape index (κ2) is 10.4. The first-order valence-electron chi connectivity index (χ1n) is 11.5. The molecule has 2 unspecified atom stereocenters. The highest BCUT2D eigenvalue weighted by Gasteiger charge is 2.35. The van der Waals surface area contributed by atoms with E-state index < -0.39 is 11.4 Å². The van der Waals surface area contributed by atoms with Gasteiger partial charge in [0.25, 0.3) is 0 Å². The summed E-state index contributed by atoms with van der Waals surface area (Å²) in [6.45, 7) is 7.02. The van der Waals surface area contributed by atoms with Crippen LogP contribution >= 0.6 is 11.3 Å². The molecule has 8 nitrogen and oxygen atoms in total. The Balaban J connectivity index is 1.61. The lowest BCUT2D eigenvalue weighted by Crippen LogP contribution is -2.53. The summed E-state index contributed by atoms with van der Waals surface area (Å²) in [5.41, 5.74) is 5.95. The molecule has 2 atom stereocenters. The summed E-state index contributed by atoms with van der Waals surface area (Å²) < 4.78 is 24.9. The predicted molar refractivity (Wildman–Crippen MR) is 128 cm³/mol. The molecule has 2 aliphatic rings. The fourth-order valence-electron chi connectivity index (χ4n) is 4.26. The van der Waals surface area contributed by atoms with Gasteiger partial charge in [0.05, 0.1) is 19.8 Å². The van der Waals surface area contributed by atoms with Crippen molar-refractivity contribution in [3.8, 4) is 11.3 Å². The van der Waals surface area contributed by atoms with Gasteiger partial charge in [0.1, 0.15) is 27.1 Å². The molecule has 0 spiro atoms. The summed E-state index contributed by atoms with van der Waals surface area (Å²) in [5.74, 6) is -1.14. The van der Waals surface area contributed by atoms with Crippen molar-refractivity contribution in [2.45, 2.75) is 38.1 Å². The smallest absolute Gasteiger partial charge is 0.242 e. The lowest BCUT2D eigenvalue weighted by Gasteiger charge is -2.31. The van der Waals surface area contributed by atoms with Gasteiger partial charge in [-0.25, -0.2) is 9.37 Å². The summed E-state index contributed by atoms with van der Waals surface area (Å²) in [5, 5.41) is 4.66. The van der Waals surface area contributed by atoms with E-state index in [0.717, 1.165) is 34.4 Å². The Morgan fingerprint density at radius 3 is 2.59 bits per heavy atom. The molecule has 34 heavy (non-hydrogen) atoms. The van der Waals surface area contributed by atoms with Crippen molar-refractivity contribution in [3.63, 3.8) is 0 Å². The molecule has 2 aromatic rings. The second-order valence-corrected chi connectivity index (χ2v) is 10.3. The fourth-order valence-corrected chi connectivity index (χ4v) is 5.58. The van der Waals surface area contributed by atoms with Crippen LogP contribution in [0.2, 0.25) is 0 Å². The van der Waals surface area contributed by atoms with Gasteiger partial charge in [-0.15, -0.1) is 11.3 Å². The number of ether oxygens (including phenoxy) is 2. The monoisotopic (exact) mass is 490 g/mol. The second-order valence-electron chi connectivity index (χ2n) is 9.28. The number of benzene rings is 1. The third-order valence-corrected chi connectivity index (χ3v) is 7.62. The lowest BCUT2D eigenvalue weighted by molar-refractivity contribution is -0.131. The van der Waals surface area contributed by atoms with Crippen LogP contribution in [0.5, 0.6) is 0 Å². The molecular weight excluding hydrogens is 459 g/mol. The molecule has 184 valence electrons. The van der Waals surface area contributed by atoms with Gasteiger partial charge in [0, 0.05) is 37.6 Å². The highest BCUT2D eigenvalue weighted by atomic mass is 32.1. The Morgan fingerprint density at radius 2 is 1.91 bits per heavy atom. The highest BCUT2D eigenvalue weighted by molar-refractivity contribution is 7.16. The van der Waals surface area contributed by atoms with E-state index in [-0.39, 0.29) is 30.0 Å². The van der Waals surface area contributed by atoms with Crippen LogP contribution in [0.4, 0.5) is 9.39 Å². The molecule has 0 aliphatic carbocycles. The van der Waals surface area contributed by atoms with Gasteiger partial charge in [-0.1, -0.05) is 0 Å². The summed E-state index contributed by atoms with van der Waals surface area (Å²) >= 11 is 1.60. The number of halogens is 1. The average molecular weight is 491 g/mol. The van der Waals surface area contributed by atoms with Crippen LogP contribution in [0.1, 0.15) is 37.6 Å². The van der Waals surface area contributed by atoms with Gasteiger partial charge in [-0.2, -0.15) is 0 Å². The number of nitrogens with two attached hydrogens (primary N) is 1. The number of hydrogen-bond donors (Lipinski definition) is 2. The van der Waals surface area contributed by atoms with Crippen molar-refractivity contribution in [2.75, 3.05) is 44.4 Å². The van der Waals surface area contributed by atoms with Gasteiger partial charge in [-0.05, 0) is 50.5 Å². The number of hydrogen-bond acceptors (Lipinski definition) is 7. The Kier molecular flexibility index (Phi) is 7.49. The van der Waals surface area contributed by atoms with Crippen LogP contribution in [0, 0.1) is 11.7 Å². The molecule has 1 aromatic carbocycles. The predicted octanol–water partition coefficient (Wildman–Crippen LogP) is 2.68. The van der Waals surface area contributed by atoms with Gasteiger partial charge < -0.3 is 25.4 Å². The zero-order valence-electron chi connectivity index (χ0n) is 19.5. The molecule has 0 saturated carbocycles. The number of thiazole rings is 1. The quantitative estimate of drug-likeness (QED) is 0.618. The van der Waals surface area contributed by atoms with Gasteiger partial charge in [0.2, 0.25) is 11.8 Å². The standard InChI is InChI=1S/C24H31FN4O4S/c1-24(2,23(26)31)28-19(30)13-16-7-10-33-14-18(16)21-27-20(15-3-5-17(25)6-4-15)22(34-21)29-8-11-32-12-9-29/h3-6,16,18H,7-14H2,1-2H3,(H2,26,31)(H,28,30). The summed E-state index contributed by atoms with van der Waals surface area (Å²) in [6.07, 6.45) is 0.969. The van der Waals surface area contributed by atoms with Gasteiger partial charge >= 0.3 is 0 Å². The van der Waals surface area contributed by atoms with Crippen LogP contribution in [0.3, 0.4) is 0 Å². The maximum absolute atomic E-state index is 13.6. The maximum atomic E-state index is 13.6. The molecule has 0 bridgehead atoms. The van der Waals surface area contributed by atoms with Crippen LogP contribution in [0.15, 0.2) is 24.3 Å². The average Bonchev–Trinajstić information content (AvgIpc) is 3.25. The van der Waals surface area contributed by atoms with E-state index in [0.29, 0.717) is 32.8 Å². The molecule has 4 rings (SSSR count). The van der Waals surface area contributed by atoms with Crippen molar-refractivity contribution in [2.24, 2.45) is 11.7 Å². The van der Waals surface area contributed by atoms with Crippen molar-refractivity contribution < 1.29 is 23.5 Å². The molecular formula is C24H31FN4O4S. The molecule has 2 aliphatic heterocycles.